The van der Waals surface area contributed by atoms with E-state index in [1.54, 1.807) is 18.2 Å². The van der Waals surface area contributed by atoms with Crippen LogP contribution in [-0.2, 0) is 23.4 Å². The van der Waals surface area contributed by atoms with Crippen LogP contribution < -0.4 is 0 Å². The van der Waals surface area contributed by atoms with E-state index in [1.165, 1.54) is 29.1 Å². The van der Waals surface area contributed by atoms with E-state index in [0.29, 0.717) is 6.61 Å². The molecule has 0 bridgehead atoms. The summed E-state index contributed by atoms with van der Waals surface area (Å²) in [7, 11) is 2.13. The zero-order valence-electron chi connectivity index (χ0n) is 19.8. The summed E-state index contributed by atoms with van der Waals surface area (Å²) in [5.74, 6) is -0.544. The quantitative estimate of drug-likeness (QED) is 0.266. The Bertz CT molecular complexity index is 1320. The molecule has 0 aliphatic carbocycles. The summed E-state index contributed by atoms with van der Waals surface area (Å²) in [6.07, 6.45) is 5.73. The van der Waals surface area contributed by atoms with Crippen LogP contribution in [0, 0.1) is 11.6 Å². The number of hydrogen-bond acceptors (Lipinski definition) is 2. The first-order valence-corrected chi connectivity index (χ1v) is 12.5. The largest absolute Gasteiger partial charge is 0.361 e. The lowest BCUT2D eigenvalue weighted by molar-refractivity contribution is -0.0142. The number of aromatic amines is 1. The first kappa shape index (κ1) is 24.0. The highest BCUT2D eigenvalue weighted by Gasteiger charge is 2.41. The number of aromatic nitrogens is 1. The molecule has 35 heavy (non-hydrogen) atoms. The van der Waals surface area contributed by atoms with Gasteiger partial charge < -0.3 is 14.6 Å². The molecule has 4 aromatic rings. The Morgan fingerprint density at radius 2 is 1.74 bits per heavy atom. The Balaban J connectivity index is 1.21. The number of aryl methyl sites for hydroxylation is 1. The predicted octanol–water partition coefficient (Wildman–Crippen LogP) is 7.22. The van der Waals surface area contributed by atoms with Crippen molar-refractivity contribution < 1.29 is 13.5 Å². The van der Waals surface area contributed by atoms with Crippen molar-refractivity contribution in [1.29, 1.82) is 0 Å². The van der Waals surface area contributed by atoms with Gasteiger partial charge in [-0.2, -0.15) is 0 Å². The smallest absolute Gasteiger partial charge is 0.123 e. The van der Waals surface area contributed by atoms with E-state index >= 15 is 0 Å². The van der Waals surface area contributed by atoms with Crippen molar-refractivity contribution in [2.75, 3.05) is 20.1 Å². The van der Waals surface area contributed by atoms with Gasteiger partial charge in [0, 0.05) is 22.1 Å². The maximum Gasteiger partial charge on any atom is 0.123 e. The molecule has 182 valence electrons. The summed E-state index contributed by atoms with van der Waals surface area (Å²) < 4.78 is 33.8. The molecule has 0 radical (unpaired) electrons. The third-order valence-corrected chi connectivity index (χ3v) is 7.31. The topological polar surface area (TPSA) is 28.3 Å². The van der Waals surface area contributed by atoms with Gasteiger partial charge in [0.1, 0.15) is 17.2 Å². The van der Waals surface area contributed by atoms with Crippen LogP contribution in [0.4, 0.5) is 8.78 Å². The van der Waals surface area contributed by atoms with E-state index < -0.39 is 5.60 Å². The number of hydrogen-bond donors (Lipinski definition) is 1. The number of rotatable bonds is 9. The van der Waals surface area contributed by atoms with Gasteiger partial charge in [0.05, 0.1) is 6.61 Å². The summed E-state index contributed by atoms with van der Waals surface area (Å²) >= 11 is 6.18. The first-order valence-electron chi connectivity index (χ1n) is 12.1. The highest BCUT2D eigenvalue weighted by Crippen LogP contribution is 2.45. The maximum absolute atomic E-state index is 13.8. The van der Waals surface area contributed by atoms with Crippen LogP contribution >= 0.6 is 11.6 Å². The summed E-state index contributed by atoms with van der Waals surface area (Å²) in [6.45, 7) is 2.23. The van der Waals surface area contributed by atoms with E-state index in [9.17, 15) is 8.78 Å². The molecule has 1 aliphatic heterocycles. The van der Waals surface area contributed by atoms with Gasteiger partial charge in [-0.05, 0) is 111 Å². The van der Waals surface area contributed by atoms with E-state index in [2.05, 4.69) is 23.1 Å². The molecule has 1 N–H and O–H groups in total. The molecule has 1 aliphatic rings. The van der Waals surface area contributed by atoms with Crippen molar-refractivity contribution in [2.24, 2.45) is 0 Å². The molecule has 0 amide bonds. The van der Waals surface area contributed by atoms with Crippen LogP contribution in [0.3, 0.4) is 0 Å². The normalized spacial score (nSPS) is 17.4. The molecule has 5 rings (SSSR count). The van der Waals surface area contributed by atoms with E-state index in [0.717, 1.165) is 66.0 Å². The summed E-state index contributed by atoms with van der Waals surface area (Å²) in [4.78, 5) is 5.65. The summed E-state index contributed by atoms with van der Waals surface area (Å²) in [6, 6.07) is 17.3. The fourth-order valence-corrected chi connectivity index (χ4v) is 5.44. The molecule has 1 aromatic heterocycles. The molecule has 3 aromatic carbocycles. The lowest BCUT2D eigenvalue weighted by Gasteiger charge is -2.31. The lowest BCUT2D eigenvalue weighted by atomic mass is 9.82. The van der Waals surface area contributed by atoms with Gasteiger partial charge in [-0.15, -0.1) is 0 Å². The highest BCUT2D eigenvalue weighted by molar-refractivity contribution is 6.31. The average Bonchev–Trinajstić information content (AvgIpc) is 3.41. The van der Waals surface area contributed by atoms with Gasteiger partial charge >= 0.3 is 0 Å². The molecule has 1 unspecified atom stereocenters. The minimum absolute atomic E-state index is 0.264. The molecule has 0 saturated carbocycles. The van der Waals surface area contributed by atoms with Crippen molar-refractivity contribution >= 4 is 22.5 Å². The van der Waals surface area contributed by atoms with Crippen molar-refractivity contribution in [3.63, 3.8) is 0 Å². The molecule has 6 heteroatoms. The second-order valence-electron chi connectivity index (χ2n) is 9.44. The van der Waals surface area contributed by atoms with Crippen molar-refractivity contribution in [3.05, 3.63) is 106 Å². The molecule has 3 nitrogen and oxygen atoms in total. The first-order chi connectivity index (χ1) is 16.9. The van der Waals surface area contributed by atoms with Crippen molar-refractivity contribution in [2.45, 2.75) is 37.9 Å². The van der Waals surface area contributed by atoms with Gasteiger partial charge in [-0.1, -0.05) is 29.8 Å². The second kappa shape index (κ2) is 10.1. The second-order valence-corrected chi connectivity index (χ2v) is 9.87. The van der Waals surface area contributed by atoms with Gasteiger partial charge in [0.15, 0.2) is 0 Å². The Morgan fingerprint density at radius 3 is 2.57 bits per heavy atom. The van der Waals surface area contributed by atoms with Crippen molar-refractivity contribution in [1.82, 2.24) is 9.88 Å². The molecular formula is C29H29ClF2N2O. The number of nitrogens with zero attached hydrogens (tertiary/aromatic N) is 1. The number of benzene rings is 3. The summed E-state index contributed by atoms with van der Waals surface area (Å²) in [5.41, 5.74) is 4.47. The summed E-state index contributed by atoms with van der Waals surface area (Å²) in [5, 5.41) is 1.94. The Morgan fingerprint density at radius 1 is 0.971 bits per heavy atom. The monoisotopic (exact) mass is 494 g/mol. The minimum atomic E-state index is -0.680. The standard InChI is InChI=1S/C29H29ClF2N2O/c1-34(14-2-4-20-18-33-28-12-7-23(30)17-26(20)28)15-3-13-29(22-5-8-24(31)9-6-22)27-11-10-25(32)16-21(27)19-35-29/h5-12,16-18,33H,2-4,13-15,19H2,1H3. The number of ether oxygens (including phenoxy) is 1. The van der Waals surface area contributed by atoms with Gasteiger partial charge in [0.25, 0.3) is 0 Å². The Kier molecular flexibility index (Phi) is 6.92. The third kappa shape index (κ3) is 4.99. The number of fused-ring (bicyclic) bond motifs is 2. The lowest BCUT2D eigenvalue weighted by Crippen LogP contribution is -2.29. The number of nitrogens with one attached hydrogen (secondary N) is 1. The van der Waals surface area contributed by atoms with Crippen LogP contribution in [0.15, 0.2) is 66.9 Å². The van der Waals surface area contributed by atoms with Gasteiger partial charge in [-0.25, -0.2) is 8.78 Å². The average molecular weight is 495 g/mol. The van der Waals surface area contributed by atoms with Crippen LogP contribution in [0.1, 0.15) is 41.5 Å². The fourth-order valence-electron chi connectivity index (χ4n) is 5.27. The van der Waals surface area contributed by atoms with Gasteiger partial charge in [-0.3, -0.25) is 0 Å². The molecule has 1 atom stereocenters. The third-order valence-electron chi connectivity index (χ3n) is 7.07. The van der Waals surface area contributed by atoms with E-state index in [4.69, 9.17) is 16.3 Å². The molecule has 2 heterocycles. The molecule has 0 spiro atoms. The zero-order valence-corrected chi connectivity index (χ0v) is 20.5. The van der Waals surface area contributed by atoms with E-state index in [-0.39, 0.29) is 11.6 Å². The van der Waals surface area contributed by atoms with Crippen molar-refractivity contribution in [3.8, 4) is 0 Å². The van der Waals surface area contributed by atoms with Crippen LogP contribution in [0.5, 0.6) is 0 Å². The maximum atomic E-state index is 13.8. The van der Waals surface area contributed by atoms with Crippen LogP contribution in [0.25, 0.3) is 10.9 Å². The molecule has 0 fully saturated rings. The minimum Gasteiger partial charge on any atom is -0.361 e. The Labute approximate surface area is 209 Å². The predicted molar refractivity (Wildman–Crippen MR) is 137 cm³/mol. The number of halogens is 3. The van der Waals surface area contributed by atoms with Crippen LogP contribution in [-0.4, -0.2) is 30.0 Å². The zero-order chi connectivity index (χ0) is 24.4. The van der Waals surface area contributed by atoms with Gasteiger partial charge in [0.2, 0.25) is 0 Å². The number of H-pyrrole nitrogens is 1. The van der Waals surface area contributed by atoms with Crippen LogP contribution in [0.2, 0.25) is 5.02 Å². The SMILES string of the molecule is CN(CCCc1c[nH]c2ccc(Cl)cc12)CCCC1(c2ccc(F)cc2)OCc2cc(F)ccc21. The molecular weight excluding hydrogens is 466 g/mol. The molecule has 0 saturated heterocycles. The van der Waals surface area contributed by atoms with E-state index in [1.807, 2.05) is 24.3 Å². The Hall–Kier alpha value is -2.73. The highest BCUT2D eigenvalue weighted by atomic mass is 35.5. The fraction of sp³-hybridized carbons (Fsp3) is 0.310.